The van der Waals surface area contributed by atoms with Crippen LogP contribution in [0, 0.1) is 0 Å². The fourth-order valence-corrected chi connectivity index (χ4v) is 1.85. The zero-order valence-corrected chi connectivity index (χ0v) is 8.27. The lowest BCUT2D eigenvalue weighted by molar-refractivity contribution is 0.357. The van der Waals surface area contributed by atoms with Gasteiger partial charge in [0.25, 0.3) is 0 Å². The average Bonchev–Trinajstić information content (AvgIpc) is 2.51. The van der Waals surface area contributed by atoms with Crippen LogP contribution in [-0.4, -0.2) is 6.61 Å². The standard InChI is InChI=1S/C10H12ClNO/c1-6(12)8-4-7-2-3-13-10(7)9(11)5-8/h4-6H,2-3,12H2,1H3. The molecule has 1 heterocycles. The molecule has 1 aliphatic heterocycles. The Morgan fingerprint density at radius 3 is 3.00 bits per heavy atom. The fourth-order valence-electron chi connectivity index (χ4n) is 1.55. The number of ether oxygens (including phenoxy) is 1. The predicted molar refractivity (Wildman–Crippen MR) is 53.3 cm³/mol. The summed E-state index contributed by atoms with van der Waals surface area (Å²) in [5.41, 5.74) is 8.04. The van der Waals surface area contributed by atoms with E-state index in [9.17, 15) is 0 Å². The molecule has 0 aliphatic carbocycles. The van der Waals surface area contributed by atoms with E-state index in [0.29, 0.717) is 5.02 Å². The van der Waals surface area contributed by atoms with Crippen molar-refractivity contribution in [3.8, 4) is 5.75 Å². The second kappa shape index (κ2) is 3.20. The average molecular weight is 198 g/mol. The maximum atomic E-state index is 6.04. The van der Waals surface area contributed by atoms with Crippen LogP contribution in [0.25, 0.3) is 0 Å². The summed E-state index contributed by atoms with van der Waals surface area (Å²) in [6, 6.07) is 4.00. The minimum Gasteiger partial charge on any atom is -0.491 e. The van der Waals surface area contributed by atoms with Gasteiger partial charge in [-0.3, -0.25) is 0 Å². The molecule has 1 aromatic rings. The molecule has 0 bridgehead atoms. The lowest BCUT2D eigenvalue weighted by atomic mass is 10.0. The third-order valence-electron chi connectivity index (χ3n) is 2.29. The topological polar surface area (TPSA) is 35.2 Å². The van der Waals surface area contributed by atoms with Gasteiger partial charge in [0.05, 0.1) is 11.6 Å². The third-order valence-corrected chi connectivity index (χ3v) is 2.57. The highest BCUT2D eigenvalue weighted by Gasteiger charge is 2.17. The highest BCUT2D eigenvalue weighted by Crippen LogP contribution is 2.35. The van der Waals surface area contributed by atoms with Crippen molar-refractivity contribution in [1.82, 2.24) is 0 Å². The molecule has 0 radical (unpaired) electrons. The van der Waals surface area contributed by atoms with Crippen LogP contribution in [0.1, 0.15) is 24.1 Å². The summed E-state index contributed by atoms with van der Waals surface area (Å²) in [5.74, 6) is 0.839. The molecule has 70 valence electrons. The Bertz CT molecular complexity index is 336. The number of nitrogens with two attached hydrogens (primary N) is 1. The Balaban J connectivity index is 2.49. The van der Waals surface area contributed by atoms with E-state index in [1.165, 1.54) is 5.56 Å². The smallest absolute Gasteiger partial charge is 0.141 e. The van der Waals surface area contributed by atoms with Crippen molar-refractivity contribution in [2.45, 2.75) is 19.4 Å². The van der Waals surface area contributed by atoms with Crippen LogP contribution < -0.4 is 10.5 Å². The first-order valence-electron chi connectivity index (χ1n) is 4.39. The van der Waals surface area contributed by atoms with Gasteiger partial charge in [0.15, 0.2) is 0 Å². The molecule has 0 amide bonds. The zero-order valence-electron chi connectivity index (χ0n) is 7.51. The van der Waals surface area contributed by atoms with Crippen LogP contribution in [0.2, 0.25) is 5.02 Å². The lowest BCUT2D eigenvalue weighted by Crippen LogP contribution is -2.05. The predicted octanol–water partition coefficient (Wildman–Crippen LogP) is 2.29. The lowest BCUT2D eigenvalue weighted by Gasteiger charge is -2.09. The van der Waals surface area contributed by atoms with Crippen molar-refractivity contribution in [3.63, 3.8) is 0 Å². The molecule has 3 heteroatoms. The van der Waals surface area contributed by atoms with Crippen LogP contribution >= 0.6 is 11.6 Å². The maximum absolute atomic E-state index is 6.04. The van der Waals surface area contributed by atoms with E-state index in [1.54, 1.807) is 0 Å². The molecule has 1 unspecified atom stereocenters. The van der Waals surface area contributed by atoms with E-state index < -0.39 is 0 Å². The van der Waals surface area contributed by atoms with Crippen LogP contribution in [0.3, 0.4) is 0 Å². The number of halogens is 1. The van der Waals surface area contributed by atoms with E-state index in [1.807, 2.05) is 13.0 Å². The molecule has 1 aromatic carbocycles. The second-order valence-electron chi connectivity index (χ2n) is 3.38. The zero-order chi connectivity index (χ0) is 9.42. The van der Waals surface area contributed by atoms with Crippen LogP contribution in [0.15, 0.2) is 12.1 Å². The van der Waals surface area contributed by atoms with Gasteiger partial charge < -0.3 is 10.5 Å². The van der Waals surface area contributed by atoms with Crippen molar-refractivity contribution in [2.75, 3.05) is 6.61 Å². The summed E-state index contributed by atoms with van der Waals surface area (Å²) in [7, 11) is 0. The normalized spacial score (nSPS) is 16.5. The molecular formula is C10H12ClNO. The first-order valence-corrected chi connectivity index (χ1v) is 4.77. The monoisotopic (exact) mass is 197 g/mol. The second-order valence-corrected chi connectivity index (χ2v) is 3.79. The highest BCUT2D eigenvalue weighted by molar-refractivity contribution is 6.32. The number of benzene rings is 1. The first-order chi connectivity index (χ1) is 6.18. The molecular weight excluding hydrogens is 186 g/mol. The van der Waals surface area contributed by atoms with Gasteiger partial charge in [0.2, 0.25) is 0 Å². The molecule has 0 saturated carbocycles. The van der Waals surface area contributed by atoms with Gasteiger partial charge in [-0.1, -0.05) is 17.7 Å². The minimum atomic E-state index is 0.0309. The molecule has 1 aliphatic rings. The van der Waals surface area contributed by atoms with Gasteiger partial charge >= 0.3 is 0 Å². The van der Waals surface area contributed by atoms with Crippen molar-refractivity contribution in [2.24, 2.45) is 5.73 Å². The van der Waals surface area contributed by atoms with E-state index in [0.717, 1.165) is 24.3 Å². The Morgan fingerprint density at radius 2 is 2.31 bits per heavy atom. The van der Waals surface area contributed by atoms with E-state index in [4.69, 9.17) is 22.1 Å². The Kier molecular flexibility index (Phi) is 2.18. The maximum Gasteiger partial charge on any atom is 0.141 e. The van der Waals surface area contributed by atoms with Gasteiger partial charge in [-0.2, -0.15) is 0 Å². The van der Waals surface area contributed by atoms with Crippen molar-refractivity contribution in [3.05, 3.63) is 28.3 Å². The molecule has 1 atom stereocenters. The Morgan fingerprint density at radius 1 is 1.54 bits per heavy atom. The minimum absolute atomic E-state index is 0.0309. The quantitative estimate of drug-likeness (QED) is 0.750. The van der Waals surface area contributed by atoms with E-state index >= 15 is 0 Å². The molecule has 0 spiro atoms. The van der Waals surface area contributed by atoms with Crippen molar-refractivity contribution in [1.29, 1.82) is 0 Å². The van der Waals surface area contributed by atoms with Gasteiger partial charge in [0.1, 0.15) is 5.75 Å². The number of rotatable bonds is 1. The summed E-state index contributed by atoms with van der Waals surface area (Å²) < 4.78 is 5.39. The Labute approximate surface area is 82.6 Å². The molecule has 0 fully saturated rings. The molecule has 0 aromatic heterocycles. The molecule has 2 nitrogen and oxygen atoms in total. The third kappa shape index (κ3) is 1.52. The number of hydrogen-bond acceptors (Lipinski definition) is 2. The van der Waals surface area contributed by atoms with Crippen molar-refractivity contribution >= 4 is 11.6 Å². The summed E-state index contributed by atoms with van der Waals surface area (Å²) in [6.45, 7) is 2.69. The summed E-state index contributed by atoms with van der Waals surface area (Å²) in [4.78, 5) is 0. The summed E-state index contributed by atoms with van der Waals surface area (Å²) >= 11 is 6.04. The van der Waals surface area contributed by atoms with Crippen molar-refractivity contribution < 1.29 is 4.74 Å². The molecule has 2 rings (SSSR count). The van der Waals surface area contributed by atoms with Gasteiger partial charge in [0, 0.05) is 12.5 Å². The van der Waals surface area contributed by atoms with Crippen LogP contribution in [-0.2, 0) is 6.42 Å². The van der Waals surface area contributed by atoms with E-state index in [-0.39, 0.29) is 6.04 Å². The molecule has 0 saturated heterocycles. The number of hydrogen-bond donors (Lipinski definition) is 1. The van der Waals surface area contributed by atoms with Gasteiger partial charge in [-0.05, 0) is 24.1 Å². The SMILES string of the molecule is CC(N)c1cc(Cl)c2c(c1)CCO2. The van der Waals surface area contributed by atoms with E-state index in [2.05, 4.69) is 6.07 Å². The first kappa shape index (κ1) is 8.85. The highest BCUT2D eigenvalue weighted by atomic mass is 35.5. The largest absolute Gasteiger partial charge is 0.491 e. The number of fused-ring (bicyclic) bond motifs is 1. The molecule has 13 heavy (non-hydrogen) atoms. The summed E-state index contributed by atoms with van der Waals surface area (Å²) in [6.07, 6.45) is 0.940. The summed E-state index contributed by atoms with van der Waals surface area (Å²) in [5, 5.41) is 0.683. The van der Waals surface area contributed by atoms with Gasteiger partial charge in [-0.25, -0.2) is 0 Å². The molecule has 2 N–H and O–H groups in total. The van der Waals surface area contributed by atoms with Crippen LogP contribution in [0.4, 0.5) is 0 Å². The van der Waals surface area contributed by atoms with Crippen LogP contribution in [0.5, 0.6) is 5.75 Å². The fraction of sp³-hybridized carbons (Fsp3) is 0.400. The van der Waals surface area contributed by atoms with Gasteiger partial charge in [-0.15, -0.1) is 0 Å². The Hall–Kier alpha value is -0.730.